The topological polar surface area (TPSA) is 64.3 Å². The number of amides is 1. The van der Waals surface area contributed by atoms with Crippen LogP contribution >= 0.6 is 22.9 Å². The minimum Gasteiger partial charge on any atom is -0.380 e. The molecule has 17 heavy (non-hydrogen) atoms. The summed E-state index contributed by atoms with van der Waals surface area (Å²) in [7, 11) is 0. The molecule has 0 aliphatic heterocycles. The van der Waals surface area contributed by atoms with Crippen molar-refractivity contribution in [1.29, 1.82) is 0 Å². The van der Waals surface area contributed by atoms with Crippen molar-refractivity contribution in [1.82, 2.24) is 5.32 Å². The van der Waals surface area contributed by atoms with Crippen LogP contribution in [0.15, 0.2) is 12.1 Å². The van der Waals surface area contributed by atoms with Crippen molar-refractivity contribution >= 4 is 28.8 Å². The number of carbonyl (C=O) groups excluding carboxylic acids is 1. The highest BCUT2D eigenvalue weighted by atomic mass is 35.5. The van der Waals surface area contributed by atoms with Gasteiger partial charge in [0.25, 0.3) is 0 Å². The molecule has 0 fully saturated rings. The van der Waals surface area contributed by atoms with Crippen LogP contribution in [0.2, 0.25) is 4.34 Å². The first-order chi connectivity index (χ1) is 8.13. The van der Waals surface area contributed by atoms with E-state index in [2.05, 4.69) is 5.32 Å². The van der Waals surface area contributed by atoms with Gasteiger partial charge in [-0.2, -0.15) is 0 Å². The third-order valence-electron chi connectivity index (χ3n) is 2.13. The monoisotopic (exact) mass is 276 g/mol. The molecule has 0 radical (unpaired) electrons. The summed E-state index contributed by atoms with van der Waals surface area (Å²) in [5.74, 6) is -0.0287. The summed E-state index contributed by atoms with van der Waals surface area (Å²) in [5, 5.41) is 2.89. The summed E-state index contributed by atoms with van der Waals surface area (Å²) in [5.41, 5.74) is 5.27. The van der Waals surface area contributed by atoms with Crippen LogP contribution < -0.4 is 11.1 Å². The molecule has 96 valence electrons. The van der Waals surface area contributed by atoms with Crippen molar-refractivity contribution in [2.75, 3.05) is 19.8 Å². The van der Waals surface area contributed by atoms with E-state index in [0.29, 0.717) is 26.2 Å². The molecule has 1 heterocycles. The zero-order valence-electron chi connectivity index (χ0n) is 9.74. The van der Waals surface area contributed by atoms with Crippen LogP contribution in [-0.4, -0.2) is 25.7 Å². The van der Waals surface area contributed by atoms with Crippen LogP contribution in [0.3, 0.4) is 0 Å². The zero-order valence-corrected chi connectivity index (χ0v) is 11.3. The summed E-state index contributed by atoms with van der Waals surface area (Å²) in [6.07, 6.45) is 0.351. The first kappa shape index (κ1) is 14.4. The lowest BCUT2D eigenvalue weighted by molar-refractivity contribution is -0.122. The van der Waals surface area contributed by atoms with Crippen LogP contribution in [0.25, 0.3) is 0 Å². The average molecular weight is 277 g/mol. The van der Waals surface area contributed by atoms with E-state index in [1.807, 2.05) is 19.1 Å². The summed E-state index contributed by atoms with van der Waals surface area (Å²) >= 11 is 7.31. The highest BCUT2D eigenvalue weighted by Gasteiger charge is 2.11. The first-order valence-corrected chi connectivity index (χ1v) is 6.65. The van der Waals surface area contributed by atoms with E-state index in [0.717, 1.165) is 9.21 Å². The highest BCUT2D eigenvalue weighted by molar-refractivity contribution is 7.16. The molecular weight excluding hydrogens is 260 g/mol. The maximum absolute atomic E-state index is 11.5. The minimum atomic E-state index is -0.0287. The van der Waals surface area contributed by atoms with Gasteiger partial charge in [-0.1, -0.05) is 11.6 Å². The van der Waals surface area contributed by atoms with Gasteiger partial charge in [0.15, 0.2) is 0 Å². The quantitative estimate of drug-likeness (QED) is 0.748. The number of carbonyl (C=O) groups is 1. The van der Waals surface area contributed by atoms with E-state index in [1.54, 1.807) is 0 Å². The number of halogens is 1. The van der Waals surface area contributed by atoms with E-state index >= 15 is 0 Å². The van der Waals surface area contributed by atoms with Crippen LogP contribution in [0.4, 0.5) is 0 Å². The molecule has 0 aliphatic carbocycles. The van der Waals surface area contributed by atoms with Gasteiger partial charge in [0.1, 0.15) is 0 Å². The van der Waals surface area contributed by atoms with Crippen LogP contribution in [0.1, 0.15) is 24.3 Å². The first-order valence-electron chi connectivity index (χ1n) is 5.46. The molecule has 1 aromatic heterocycles. The van der Waals surface area contributed by atoms with Gasteiger partial charge in [-0.15, -0.1) is 11.3 Å². The molecule has 0 bridgehead atoms. The lowest BCUT2D eigenvalue weighted by Gasteiger charge is -2.12. The van der Waals surface area contributed by atoms with Crippen molar-refractivity contribution in [3.8, 4) is 0 Å². The number of ether oxygens (including phenoxy) is 1. The predicted octanol–water partition coefficient (Wildman–Crippen LogP) is 1.94. The number of thiophene rings is 1. The Morgan fingerprint density at radius 1 is 1.59 bits per heavy atom. The molecule has 6 heteroatoms. The van der Waals surface area contributed by atoms with Crippen molar-refractivity contribution in [3.05, 3.63) is 21.3 Å². The number of rotatable bonds is 7. The zero-order chi connectivity index (χ0) is 12.7. The fourth-order valence-electron chi connectivity index (χ4n) is 1.30. The Kier molecular flexibility index (Phi) is 6.50. The SMILES string of the molecule is CC(NC(=O)CCOCCN)c1ccc(Cl)s1. The number of nitrogens with one attached hydrogen (secondary N) is 1. The third-order valence-corrected chi connectivity index (χ3v) is 3.55. The molecule has 0 spiro atoms. The lowest BCUT2D eigenvalue weighted by Crippen LogP contribution is -2.27. The highest BCUT2D eigenvalue weighted by Crippen LogP contribution is 2.26. The number of hydrogen-bond donors (Lipinski definition) is 2. The standard InChI is InChI=1S/C11H17ClN2O2S/c1-8(9-2-3-10(12)17-9)14-11(15)4-6-16-7-5-13/h2-3,8H,4-7,13H2,1H3,(H,14,15). The second kappa shape index (κ2) is 7.66. The predicted molar refractivity (Wildman–Crippen MR) is 70.4 cm³/mol. The fraction of sp³-hybridized carbons (Fsp3) is 0.545. The molecule has 1 aromatic rings. The van der Waals surface area contributed by atoms with E-state index in [9.17, 15) is 4.79 Å². The van der Waals surface area contributed by atoms with Gasteiger partial charge in [-0.25, -0.2) is 0 Å². The van der Waals surface area contributed by atoms with Gasteiger partial charge in [0, 0.05) is 17.8 Å². The molecule has 0 aromatic carbocycles. The Hall–Kier alpha value is -0.620. The molecule has 1 rings (SSSR count). The summed E-state index contributed by atoms with van der Waals surface area (Å²) < 4.78 is 5.87. The molecule has 1 atom stereocenters. The molecular formula is C11H17ClN2O2S. The van der Waals surface area contributed by atoms with Crippen molar-refractivity contribution in [3.63, 3.8) is 0 Å². The summed E-state index contributed by atoms with van der Waals surface area (Å²) in [6, 6.07) is 3.73. The van der Waals surface area contributed by atoms with Crippen molar-refractivity contribution in [2.24, 2.45) is 5.73 Å². The van der Waals surface area contributed by atoms with Crippen molar-refractivity contribution in [2.45, 2.75) is 19.4 Å². The second-order valence-electron chi connectivity index (χ2n) is 3.58. The van der Waals surface area contributed by atoms with Crippen LogP contribution in [-0.2, 0) is 9.53 Å². The van der Waals surface area contributed by atoms with Gasteiger partial charge >= 0.3 is 0 Å². The number of hydrogen-bond acceptors (Lipinski definition) is 4. The van der Waals surface area contributed by atoms with Gasteiger partial charge < -0.3 is 15.8 Å². The Labute approximate surface area is 110 Å². The van der Waals surface area contributed by atoms with Crippen LogP contribution in [0, 0.1) is 0 Å². The molecule has 0 aliphatic rings. The second-order valence-corrected chi connectivity index (χ2v) is 5.33. The largest absolute Gasteiger partial charge is 0.380 e. The maximum Gasteiger partial charge on any atom is 0.222 e. The van der Waals surface area contributed by atoms with E-state index in [4.69, 9.17) is 22.1 Å². The fourth-order valence-corrected chi connectivity index (χ4v) is 2.36. The Bertz CT molecular complexity index is 357. The van der Waals surface area contributed by atoms with Crippen molar-refractivity contribution < 1.29 is 9.53 Å². The van der Waals surface area contributed by atoms with Gasteiger partial charge in [0.2, 0.25) is 5.91 Å². The third kappa shape index (κ3) is 5.50. The average Bonchev–Trinajstić information content (AvgIpc) is 2.71. The Morgan fingerprint density at radius 3 is 2.94 bits per heavy atom. The molecule has 1 unspecified atom stereocenters. The van der Waals surface area contributed by atoms with Gasteiger partial charge in [-0.05, 0) is 19.1 Å². The van der Waals surface area contributed by atoms with E-state index < -0.39 is 0 Å². The van der Waals surface area contributed by atoms with E-state index in [-0.39, 0.29) is 11.9 Å². The molecule has 0 saturated heterocycles. The lowest BCUT2D eigenvalue weighted by atomic mass is 10.2. The smallest absolute Gasteiger partial charge is 0.222 e. The van der Waals surface area contributed by atoms with Gasteiger partial charge in [0.05, 0.1) is 23.6 Å². The normalized spacial score (nSPS) is 12.4. The molecule has 0 saturated carbocycles. The Balaban J connectivity index is 2.26. The summed E-state index contributed by atoms with van der Waals surface area (Å²) in [6.45, 7) is 3.30. The van der Waals surface area contributed by atoms with E-state index in [1.165, 1.54) is 11.3 Å². The number of nitrogens with two attached hydrogens (primary N) is 1. The minimum absolute atomic E-state index is 0.0190. The Morgan fingerprint density at radius 2 is 2.35 bits per heavy atom. The molecule has 4 nitrogen and oxygen atoms in total. The van der Waals surface area contributed by atoms with Crippen LogP contribution in [0.5, 0.6) is 0 Å². The molecule has 1 amide bonds. The summed E-state index contributed by atoms with van der Waals surface area (Å²) in [4.78, 5) is 12.6. The molecule has 3 N–H and O–H groups in total. The maximum atomic E-state index is 11.5. The van der Waals surface area contributed by atoms with Gasteiger partial charge in [-0.3, -0.25) is 4.79 Å².